The molecular formula is C11H9FNO2S. The number of aromatic nitrogens is 1. The van der Waals surface area contributed by atoms with Gasteiger partial charge in [0.15, 0.2) is 0 Å². The molecule has 0 saturated heterocycles. The fourth-order valence-corrected chi connectivity index (χ4v) is 1.60. The normalized spacial score (nSPS) is 10.1. The number of hydrogen-bond acceptors (Lipinski definition) is 4. The second-order valence-corrected chi connectivity index (χ2v) is 3.83. The molecule has 2 rings (SSSR count). The maximum atomic E-state index is 11.8. The largest absolute Gasteiger partial charge is 0.486 e. The smallest absolute Gasteiger partial charge is 0.228 e. The van der Waals surface area contributed by atoms with Crippen LogP contribution in [-0.4, -0.2) is 11.8 Å². The number of rotatable bonds is 5. The summed E-state index contributed by atoms with van der Waals surface area (Å²) in [6, 6.07) is 6.76. The average molecular weight is 238 g/mol. The highest BCUT2D eigenvalue weighted by Gasteiger charge is 1.99. The van der Waals surface area contributed by atoms with E-state index in [1.165, 1.54) is 11.3 Å². The van der Waals surface area contributed by atoms with Crippen molar-refractivity contribution in [2.24, 2.45) is 0 Å². The van der Waals surface area contributed by atoms with Crippen molar-refractivity contribution in [1.82, 2.24) is 4.98 Å². The van der Waals surface area contributed by atoms with Crippen LogP contribution in [0.3, 0.4) is 0 Å². The van der Waals surface area contributed by atoms with Gasteiger partial charge in [-0.3, -0.25) is 0 Å². The molecule has 1 radical (unpaired) electrons. The topological polar surface area (TPSA) is 31.4 Å². The Hall–Kier alpha value is -1.62. The van der Waals surface area contributed by atoms with Gasteiger partial charge in [-0.05, 0) is 24.3 Å². The highest BCUT2D eigenvalue weighted by Crippen LogP contribution is 2.18. The van der Waals surface area contributed by atoms with E-state index in [4.69, 9.17) is 4.74 Å². The predicted octanol–water partition coefficient (Wildman–Crippen LogP) is 2.83. The van der Waals surface area contributed by atoms with Gasteiger partial charge in [0.05, 0.1) is 0 Å². The molecule has 1 heterocycles. The second kappa shape index (κ2) is 5.46. The van der Waals surface area contributed by atoms with Gasteiger partial charge in [0.1, 0.15) is 29.3 Å². The summed E-state index contributed by atoms with van der Waals surface area (Å²) in [4.78, 5) is 3.97. The van der Waals surface area contributed by atoms with Crippen LogP contribution in [-0.2, 0) is 6.61 Å². The Bertz CT molecular complexity index is 416. The molecule has 1 aromatic heterocycles. The standard InChI is InChI=1S/C11H9FNO2S/c12-8-15-10-3-1-9(2-4-10)14-7-11-13-5-6-16-11/h1-4,6H,7-8H2. The van der Waals surface area contributed by atoms with E-state index in [1.807, 2.05) is 0 Å². The lowest BCUT2D eigenvalue weighted by molar-refractivity contribution is 0.191. The van der Waals surface area contributed by atoms with Crippen molar-refractivity contribution in [3.63, 3.8) is 0 Å². The molecule has 0 aliphatic carbocycles. The van der Waals surface area contributed by atoms with Crippen LogP contribution in [0, 0.1) is 6.20 Å². The molecule has 0 fully saturated rings. The van der Waals surface area contributed by atoms with Crippen molar-refractivity contribution in [2.45, 2.75) is 6.61 Å². The molecule has 0 saturated carbocycles. The zero-order valence-electron chi connectivity index (χ0n) is 8.35. The van der Waals surface area contributed by atoms with Crippen molar-refractivity contribution >= 4 is 11.3 Å². The molecule has 0 unspecified atom stereocenters. The fourth-order valence-electron chi connectivity index (χ4n) is 1.13. The van der Waals surface area contributed by atoms with Crippen LogP contribution >= 0.6 is 11.3 Å². The zero-order chi connectivity index (χ0) is 11.2. The molecule has 0 N–H and O–H groups in total. The number of halogens is 1. The number of ether oxygens (including phenoxy) is 2. The van der Waals surface area contributed by atoms with Crippen molar-refractivity contribution in [3.8, 4) is 11.5 Å². The first kappa shape index (κ1) is 10.9. The first-order chi connectivity index (χ1) is 7.88. The maximum absolute atomic E-state index is 11.8. The molecule has 0 bridgehead atoms. The lowest BCUT2D eigenvalue weighted by atomic mass is 10.3. The minimum Gasteiger partial charge on any atom is -0.486 e. The second-order valence-electron chi connectivity index (χ2n) is 2.88. The van der Waals surface area contributed by atoms with Gasteiger partial charge in [0.2, 0.25) is 6.86 Å². The summed E-state index contributed by atoms with van der Waals surface area (Å²) in [7, 11) is 0. The zero-order valence-corrected chi connectivity index (χ0v) is 9.17. The lowest BCUT2D eigenvalue weighted by Crippen LogP contribution is -1.95. The quantitative estimate of drug-likeness (QED) is 0.802. The Morgan fingerprint density at radius 2 is 1.88 bits per heavy atom. The molecule has 0 aliphatic heterocycles. The third kappa shape index (κ3) is 2.93. The van der Waals surface area contributed by atoms with E-state index in [9.17, 15) is 4.39 Å². The van der Waals surface area contributed by atoms with Crippen molar-refractivity contribution in [3.05, 3.63) is 40.8 Å². The molecule has 0 aliphatic rings. The highest BCUT2D eigenvalue weighted by atomic mass is 32.1. The summed E-state index contributed by atoms with van der Waals surface area (Å²) in [6.45, 7) is -0.410. The molecule has 16 heavy (non-hydrogen) atoms. The van der Waals surface area contributed by atoms with Gasteiger partial charge in [-0.1, -0.05) is 0 Å². The first-order valence-electron chi connectivity index (χ1n) is 4.60. The molecule has 2 aromatic rings. The molecule has 83 valence electrons. The summed E-state index contributed by atoms with van der Waals surface area (Å²) in [5, 5.41) is 2.64. The van der Waals surface area contributed by atoms with Gasteiger partial charge in [0, 0.05) is 5.38 Å². The van der Waals surface area contributed by atoms with Gasteiger partial charge >= 0.3 is 0 Å². The fraction of sp³-hybridized carbons (Fsp3) is 0.182. The molecule has 3 nitrogen and oxygen atoms in total. The molecule has 0 atom stereocenters. The van der Waals surface area contributed by atoms with Gasteiger partial charge in [-0.25, -0.2) is 9.37 Å². The van der Waals surface area contributed by atoms with Gasteiger partial charge < -0.3 is 9.47 Å². The summed E-state index contributed by atoms with van der Waals surface area (Å²) in [5.41, 5.74) is 0. The SMILES string of the molecule is FCOc1ccc(OCc2n[c]cs2)cc1. The third-order valence-electron chi connectivity index (χ3n) is 1.84. The molecule has 5 heteroatoms. The van der Waals surface area contributed by atoms with E-state index in [-0.39, 0.29) is 0 Å². The highest BCUT2D eigenvalue weighted by molar-refractivity contribution is 7.09. The number of hydrogen-bond donors (Lipinski definition) is 0. The number of benzene rings is 1. The summed E-state index contributed by atoms with van der Waals surface area (Å²) >= 11 is 1.49. The van der Waals surface area contributed by atoms with Crippen LogP contribution in [0.15, 0.2) is 29.6 Å². The van der Waals surface area contributed by atoms with E-state index in [0.717, 1.165) is 5.01 Å². The number of thiazole rings is 1. The average Bonchev–Trinajstić information content (AvgIpc) is 2.82. The number of nitrogens with zero attached hydrogens (tertiary/aromatic N) is 1. The Kier molecular flexibility index (Phi) is 3.71. The minimum absolute atomic E-state index is 0.414. The molecular weight excluding hydrogens is 229 g/mol. The minimum atomic E-state index is -0.824. The van der Waals surface area contributed by atoms with Gasteiger partial charge in [-0.2, -0.15) is 0 Å². The molecule has 0 spiro atoms. The van der Waals surface area contributed by atoms with Crippen molar-refractivity contribution in [1.29, 1.82) is 0 Å². The molecule has 1 aromatic carbocycles. The summed E-state index contributed by atoms with van der Waals surface area (Å²) in [6.07, 6.45) is 2.72. The summed E-state index contributed by atoms with van der Waals surface area (Å²) < 4.78 is 22.0. The Balaban J connectivity index is 1.90. The van der Waals surface area contributed by atoms with Crippen molar-refractivity contribution < 1.29 is 13.9 Å². The van der Waals surface area contributed by atoms with E-state index < -0.39 is 6.86 Å². The van der Waals surface area contributed by atoms with Gasteiger partial charge in [-0.15, -0.1) is 11.3 Å². The van der Waals surface area contributed by atoms with E-state index >= 15 is 0 Å². The summed E-state index contributed by atoms with van der Waals surface area (Å²) in [5.74, 6) is 1.18. The first-order valence-corrected chi connectivity index (χ1v) is 5.48. The van der Waals surface area contributed by atoms with Crippen molar-refractivity contribution in [2.75, 3.05) is 6.86 Å². The van der Waals surface area contributed by atoms with E-state index in [0.29, 0.717) is 18.1 Å². The van der Waals surface area contributed by atoms with Crippen LogP contribution in [0.25, 0.3) is 0 Å². The van der Waals surface area contributed by atoms with Crippen LogP contribution in [0.2, 0.25) is 0 Å². The van der Waals surface area contributed by atoms with E-state index in [1.54, 1.807) is 29.6 Å². The monoisotopic (exact) mass is 238 g/mol. The maximum Gasteiger partial charge on any atom is 0.228 e. The predicted molar refractivity (Wildman–Crippen MR) is 58.3 cm³/mol. The van der Waals surface area contributed by atoms with E-state index in [2.05, 4.69) is 15.9 Å². The van der Waals surface area contributed by atoms with Crippen LogP contribution in [0.5, 0.6) is 11.5 Å². The molecule has 0 amide bonds. The Morgan fingerprint density at radius 3 is 2.44 bits per heavy atom. The van der Waals surface area contributed by atoms with Crippen LogP contribution in [0.1, 0.15) is 5.01 Å². The van der Waals surface area contributed by atoms with Crippen LogP contribution in [0.4, 0.5) is 4.39 Å². The number of alkyl halides is 1. The van der Waals surface area contributed by atoms with Crippen LogP contribution < -0.4 is 9.47 Å². The Labute approximate surface area is 96.5 Å². The Morgan fingerprint density at radius 1 is 1.19 bits per heavy atom. The lowest BCUT2D eigenvalue weighted by Gasteiger charge is -2.05. The third-order valence-corrected chi connectivity index (χ3v) is 2.55. The van der Waals surface area contributed by atoms with Gasteiger partial charge in [0.25, 0.3) is 0 Å².